The van der Waals surface area contributed by atoms with Gasteiger partial charge in [-0.1, -0.05) is 0 Å². The van der Waals surface area contributed by atoms with E-state index in [9.17, 15) is 4.39 Å². The zero-order valence-electron chi connectivity index (χ0n) is 11.7. The number of hydrogen-bond acceptors (Lipinski definition) is 4. The van der Waals surface area contributed by atoms with Crippen molar-refractivity contribution in [1.29, 1.82) is 5.26 Å². The number of benzene rings is 1. The van der Waals surface area contributed by atoms with Crippen LogP contribution >= 0.6 is 0 Å². The summed E-state index contributed by atoms with van der Waals surface area (Å²) in [6.45, 7) is 6.38. The Kier molecular flexibility index (Phi) is 3.94. The molecule has 0 saturated heterocycles. The number of aryl methyl sites for hydroxylation is 1. The number of halogens is 1. The fourth-order valence-corrected chi connectivity index (χ4v) is 2.04. The Bertz CT molecular complexity index is 689. The van der Waals surface area contributed by atoms with Gasteiger partial charge in [0.1, 0.15) is 17.5 Å². The van der Waals surface area contributed by atoms with Gasteiger partial charge in [0.05, 0.1) is 17.3 Å². The Morgan fingerprint density at radius 2 is 2.00 bits per heavy atom. The molecular weight excluding hydrogens is 255 g/mol. The molecule has 0 fully saturated rings. The van der Waals surface area contributed by atoms with Crippen molar-refractivity contribution in [3.63, 3.8) is 0 Å². The maximum Gasteiger partial charge on any atom is 0.133 e. The fourth-order valence-electron chi connectivity index (χ4n) is 2.04. The van der Waals surface area contributed by atoms with E-state index in [-0.39, 0.29) is 5.56 Å². The van der Waals surface area contributed by atoms with Crippen molar-refractivity contribution in [2.24, 2.45) is 0 Å². The summed E-state index contributed by atoms with van der Waals surface area (Å²) in [5.74, 6) is 0.891. The molecule has 2 rings (SSSR count). The van der Waals surface area contributed by atoms with E-state index in [4.69, 9.17) is 5.26 Å². The highest BCUT2D eigenvalue weighted by Crippen LogP contribution is 2.27. The fraction of sp³-hybridized carbons (Fsp3) is 0.267. The molecule has 0 atom stereocenters. The van der Waals surface area contributed by atoms with E-state index in [0.29, 0.717) is 17.1 Å². The minimum atomic E-state index is -0.445. The summed E-state index contributed by atoms with van der Waals surface area (Å²) in [4.78, 5) is 8.71. The summed E-state index contributed by atoms with van der Waals surface area (Å²) in [7, 11) is 0. The lowest BCUT2D eigenvalue weighted by atomic mass is 10.0. The average molecular weight is 270 g/mol. The maximum atomic E-state index is 13.6. The van der Waals surface area contributed by atoms with Crippen molar-refractivity contribution in [3.05, 3.63) is 41.0 Å². The predicted molar refractivity (Wildman–Crippen MR) is 75.8 cm³/mol. The van der Waals surface area contributed by atoms with Crippen molar-refractivity contribution >= 4 is 5.82 Å². The first-order chi connectivity index (χ1) is 9.55. The number of nitriles is 1. The van der Waals surface area contributed by atoms with Crippen LogP contribution in [0.5, 0.6) is 0 Å². The van der Waals surface area contributed by atoms with Crippen molar-refractivity contribution in [1.82, 2.24) is 9.97 Å². The molecule has 20 heavy (non-hydrogen) atoms. The first kappa shape index (κ1) is 13.9. The number of nitrogens with zero attached hydrogens (tertiary/aromatic N) is 3. The van der Waals surface area contributed by atoms with Gasteiger partial charge in [0.25, 0.3) is 0 Å². The summed E-state index contributed by atoms with van der Waals surface area (Å²) >= 11 is 0. The standard InChI is InChI=1S/C15H15FN4/c1-4-18-15-9(2)14(19-10(3)20-15)12-5-11(8-17)6-13(16)7-12/h5-7H,4H2,1-3H3,(H,18,19,20). The van der Waals surface area contributed by atoms with Gasteiger partial charge in [0.15, 0.2) is 0 Å². The molecular formula is C15H15FN4. The molecule has 0 amide bonds. The SMILES string of the molecule is CCNc1nc(C)nc(-c2cc(F)cc(C#N)c2)c1C. The zero-order chi connectivity index (χ0) is 14.7. The topological polar surface area (TPSA) is 61.6 Å². The van der Waals surface area contributed by atoms with E-state index in [2.05, 4.69) is 15.3 Å². The lowest BCUT2D eigenvalue weighted by Crippen LogP contribution is -2.06. The van der Waals surface area contributed by atoms with Gasteiger partial charge in [-0.25, -0.2) is 14.4 Å². The van der Waals surface area contributed by atoms with Crippen molar-refractivity contribution in [3.8, 4) is 17.3 Å². The Morgan fingerprint density at radius 1 is 1.25 bits per heavy atom. The molecule has 1 heterocycles. The Hall–Kier alpha value is -2.48. The smallest absolute Gasteiger partial charge is 0.133 e. The van der Waals surface area contributed by atoms with Gasteiger partial charge in [0, 0.05) is 17.7 Å². The van der Waals surface area contributed by atoms with Crippen molar-refractivity contribution in [2.45, 2.75) is 20.8 Å². The third-order valence-electron chi connectivity index (χ3n) is 2.90. The van der Waals surface area contributed by atoms with Crippen LogP contribution in [0, 0.1) is 31.0 Å². The van der Waals surface area contributed by atoms with Gasteiger partial charge in [-0.2, -0.15) is 5.26 Å². The molecule has 0 radical (unpaired) electrons. The Morgan fingerprint density at radius 3 is 2.65 bits per heavy atom. The monoisotopic (exact) mass is 270 g/mol. The second kappa shape index (κ2) is 5.66. The minimum absolute atomic E-state index is 0.278. The molecule has 0 saturated carbocycles. The number of nitrogens with one attached hydrogen (secondary N) is 1. The molecule has 1 N–H and O–H groups in total. The van der Waals surface area contributed by atoms with E-state index in [0.717, 1.165) is 17.9 Å². The molecule has 1 aromatic carbocycles. The number of aromatic nitrogens is 2. The maximum absolute atomic E-state index is 13.6. The van der Waals surface area contributed by atoms with E-state index >= 15 is 0 Å². The normalized spacial score (nSPS) is 10.2. The van der Waals surface area contributed by atoms with E-state index in [1.165, 1.54) is 12.1 Å². The minimum Gasteiger partial charge on any atom is -0.370 e. The Labute approximate surface area is 117 Å². The molecule has 0 aliphatic rings. The van der Waals surface area contributed by atoms with Gasteiger partial charge < -0.3 is 5.32 Å². The summed E-state index contributed by atoms with van der Waals surface area (Å²) in [6.07, 6.45) is 0. The van der Waals surface area contributed by atoms with Crippen LogP contribution in [-0.2, 0) is 0 Å². The summed E-state index contributed by atoms with van der Waals surface area (Å²) in [6, 6.07) is 6.17. The number of hydrogen-bond donors (Lipinski definition) is 1. The molecule has 0 aliphatic carbocycles. The molecule has 0 unspecified atom stereocenters. The third-order valence-corrected chi connectivity index (χ3v) is 2.90. The first-order valence-corrected chi connectivity index (χ1v) is 6.35. The Balaban J connectivity index is 2.63. The second-order valence-electron chi connectivity index (χ2n) is 4.46. The van der Waals surface area contributed by atoms with Gasteiger partial charge >= 0.3 is 0 Å². The quantitative estimate of drug-likeness (QED) is 0.930. The van der Waals surface area contributed by atoms with E-state index in [1.54, 1.807) is 13.0 Å². The van der Waals surface area contributed by atoms with Crippen LogP contribution in [0.4, 0.5) is 10.2 Å². The lowest BCUT2D eigenvalue weighted by molar-refractivity contribution is 0.627. The van der Waals surface area contributed by atoms with Crippen LogP contribution in [0.2, 0.25) is 0 Å². The predicted octanol–water partition coefficient (Wildman–Crippen LogP) is 3.20. The molecule has 0 aliphatic heterocycles. The molecule has 1 aromatic heterocycles. The van der Waals surface area contributed by atoms with E-state index in [1.807, 2.05) is 19.9 Å². The highest BCUT2D eigenvalue weighted by Gasteiger charge is 2.12. The molecule has 0 spiro atoms. The van der Waals surface area contributed by atoms with Crippen LogP contribution in [0.3, 0.4) is 0 Å². The van der Waals surface area contributed by atoms with Gasteiger partial charge in [-0.15, -0.1) is 0 Å². The first-order valence-electron chi connectivity index (χ1n) is 6.35. The number of rotatable bonds is 3. The second-order valence-corrected chi connectivity index (χ2v) is 4.46. The molecule has 5 heteroatoms. The highest BCUT2D eigenvalue weighted by atomic mass is 19.1. The van der Waals surface area contributed by atoms with Gasteiger partial charge in [-0.05, 0) is 39.0 Å². The van der Waals surface area contributed by atoms with Crippen molar-refractivity contribution in [2.75, 3.05) is 11.9 Å². The van der Waals surface area contributed by atoms with Gasteiger partial charge in [0.2, 0.25) is 0 Å². The molecule has 4 nitrogen and oxygen atoms in total. The third kappa shape index (κ3) is 2.75. The van der Waals surface area contributed by atoms with Crippen LogP contribution < -0.4 is 5.32 Å². The zero-order valence-corrected chi connectivity index (χ0v) is 11.7. The van der Waals surface area contributed by atoms with E-state index < -0.39 is 5.82 Å². The van der Waals surface area contributed by atoms with Crippen LogP contribution in [0.25, 0.3) is 11.3 Å². The molecule has 0 bridgehead atoms. The van der Waals surface area contributed by atoms with Crippen molar-refractivity contribution < 1.29 is 4.39 Å². The summed E-state index contributed by atoms with van der Waals surface area (Å²) < 4.78 is 13.6. The summed E-state index contributed by atoms with van der Waals surface area (Å²) in [5.41, 5.74) is 2.35. The highest BCUT2D eigenvalue weighted by molar-refractivity contribution is 5.69. The van der Waals surface area contributed by atoms with Crippen LogP contribution in [-0.4, -0.2) is 16.5 Å². The summed E-state index contributed by atoms with van der Waals surface area (Å²) in [5, 5.41) is 12.1. The molecule has 2 aromatic rings. The lowest BCUT2D eigenvalue weighted by Gasteiger charge is -2.12. The largest absolute Gasteiger partial charge is 0.370 e. The number of anilines is 1. The molecule has 102 valence electrons. The van der Waals surface area contributed by atoms with Gasteiger partial charge in [-0.3, -0.25) is 0 Å². The van der Waals surface area contributed by atoms with Crippen LogP contribution in [0.1, 0.15) is 23.9 Å². The van der Waals surface area contributed by atoms with Crippen LogP contribution in [0.15, 0.2) is 18.2 Å². The average Bonchev–Trinajstić information content (AvgIpc) is 2.42.